The van der Waals surface area contributed by atoms with Crippen molar-refractivity contribution >= 4 is 22.6 Å². The van der Waals surface area contributed by atoms with E-state index in [9.17, 15) is 14.7 Å². The molecule has 0 spiro atoms. The highest BCUT2D eigenvalue weighted by molar-refractivity contribution is 6.01. The van der Waals surface area contributed by atoms with Crippen LogP contribution in [-0.4, -0.2) is 41.6 Å². The van der Waals surface area contributed by atoms with Gasteiger partial charge in [-0.05, 0) is 23.3 Å². The van der Waals surface area contributed by atoms with Crippen LogP contribution in [0.3, 0.4) is 0 Å². The molecule has 1 N–H and O–H groups in total. The molecule has 0 atom stereocenters. The third-order valence-electron chi connectivity index (χ3n) is 3.97. The molecule has 0 heterocycles. The van der Waals surface area contributed by atoms with Crippen LogP contribution < -0.4 is 0 Å². The van der Waals surface area contributed by atoms with E-state index in [1.165, 1.54) is 6.07 Å². The van der Waals surface area contributed by atoms with Crippen molar-refractivity contribution in [2.24, 2.45) is 11.8 Å². The molecule has 2 aromatic rings. The molecule has 5 heteroatoms. The molecule has 140 valence electrons. The molecule has 0 saturated carbocycles. The Balaban J connectivity index is 2.07. The molecule has 2 rings (SSSR count). The number of phenolic OH excluding ortho intramolecular Hbond substituents is 1. The number of carbonyl (C=O) groups is 2. The third kappa shape index (κ3) is 4.97. The van der Waals surface area contributed by atoms with E-state index < -0.39 is 5.97 Å². The summed E-state index contributed by atoms with van der Waals surface area (Å²) in [6, 6.07) is 10.5. The summed E-state index contributed by atoms with van der Waals surface area (Å²) in [5.41, 5.74) is 0.0655. The Morgan fingerprint density at radius 3 is 2.23 bits per heavy atom. The molecular formula is C21H27NO4. The maximum atomic E-state index is 12.4. The zero-order valence-electron chi connectivity index (χ0n) is 15.9. The van der Waals surface area contributed by atoms with Crippen molar-refractivity contribution < 1.29 is 19.4 Å². The van der Waals surface area contributed by atoms with E-state index in [-0.39, 0.29) is 23.8 Å². The Hall–Kier alpha value is -2.56. The second-order valence-electron chi connectivity index (χ2n) is 7.35. The lowest BCUT2D eigenvalue weighted by molar-refractivity contribution is -0.135. The molecule has 26 heavy (non-hydrogen) atoms. The van der Waals surface area contributed by atoms with Crippen molar-refractivity contribution in [2.45, 2.75) is 27.7 Å². The Morgan fingerprint density at radius 1 is 1.00 bits per heavy atom. The normalized spacial score (nSPS) is 11.2. The molecule has 5 nitrogen and oxygen atoms in total. The maximum absolute atomic E-state index is 12.4. The quantitative estimate of drug-likeness (QED) is 0.765. The Bertz CT molecular complexity index is 773. The maximum Gasteiger partial charge on any atom is 0.342 e. The van der Waals surface area contributed by atoms with E-state index in [4.69, 9.17) is 4.74 Å². The molecule has 1 amide bonds. The highest BCUT2D eigenvalue weighted by Gasteiger charge is 2.20. The molecule has 0 saturated heterocycles. The second-order valence-corrected chi connectivity index (χ2v) is 7.35. The number of carbonyl (C=O) groups excluding carboxylic acids is 2. The number of hydrogen-bond donors (Lipinski definition) is 1. The minimum atomic E-state index is -0.698. The lowest BCUT2D eigenvalue weighted by atomic mass is 10.1. The van der Waals surface area contributed by atoms with Crippen LogP contribution in [0.1, 0.15) is 38.1 Å². The van der Waals surface area contributed by atoms with Crippen LogP contribution in [0.25, 0.3) is 10.8 Å². The summed E-state index contributed by atoms with van der Waals surface area (Å²) in [6.07, 6.45) is 0. The first kappa shape index (κ1) is 19.8. The number of nitrogens with zero attached hydrogens (tertiary/aromatic N) is 1. The lowest BCUT2D eigenvalue weighted by Gasteiger charge is -2.26. The zero-order chi connectivity index (χ0) is 19.3. The molecule has 0 aliphatic carbocycles. The monoisotopic (exact) mass is 357 g/mol. The van der Waals surface area contributed by atoms with E-state index in [0.717, 1.165) is 5.39 Å². The number of benzene rings is 2. The summed E-state index contributed by atoms with van der Waals surface area (Å²) >= 11 is 0. The zero-order valence-corrected chi connectivity index (χ0v) is 15.9. The first-order valence-corrected chi connectivity index (χ1v) is 8.95. The highest BCUT2D eigenvalue weighted by Crippen LogP contribution is 2.29. The summed E-state index contributed by atoms with van der Waals surface area (Å²) in [7, 11) is 0. The Kier molecular flexibility index (Phi) is 6.61. The third-order valence-corrected chi connectivity index (χ3v) is 3.97. The van der Waals surface area contributed by atoms with Gasteiger partial charge in [0.2, 0.25) is 0 Å². The van der Waals surface area contributed by atoms with Gasteiger partial charge in [-0.15, -0.1) is 0 Å². The molecular weight excluding hydrogens is 330 g/mol. The van der Waals surface area contributed by atoms with Crippen molar-refractivity contribution in [2.75, 3.05) is 19.7 Å². The highest BCUT2D eigenvalue weighted by atomic mass is 16.5. The summed E-state index contributed by atoms with van der Waals surface area (Å²) in [5, 5.41) is 11.7. The van der Waals surface area contributed by atoms with Gasteiger partial charge in [0, 0.05) is 18.5 Å². The topological polar surface area (TPSA) is 66.8 Å². The van der Waals surface area contributed by atoms with Crippen molar-refractivity contribution in [3.05, 3.63) is 42.0 Å². The summed E-state index contributed by atoms with van der Waals surface area (Å²) in [6.45, 7) is 9.08. The standard InChI is InChI=1S/C21H27NO4/c1-14(2)11-22(12-15(3)4)19(23)13-26-21(25)18-10-9-16-7-5-6-8-17(16)20(18)24/h5-10,14-15,24H,11-13H2,1-4H3. The van der Waals surface area contributed by atoms with Gasteiger partial charge in [-0.2, -0.15) is 0 Å². The minimum Gasteiger partial charge on any atom is -0.506 e. The number of aromatic hydroxyl groups is 1. The van der Waals surface area contributed by atoms with Crippen LogP contribution in [0.2, 0.25) is 0 Å². The fourth-order valence-electron chi connectivity index (χ4n) is 2.88. The predicted octanol–water partition coefficient (Wildman–Crippen LogP) is 3.84. The first-order valence-electron chi connectivity index (χ1n) is 8.95. The smallest absolute Gasteiger partial charge is 0.342 e. The average Bonchev–Trinajstić information content (AvgIpc) is 2.58. The molecule has 0 fully saturated rings. The van der Waals surface area contributed by atoms with E-state index in [1.807, 2.05) is 39.8 Å². The lowest BCUT2D eigenvalue weighted by Crippen LogP contribution is -2.39. The number of hydrogen-bond acceptors (Lipinski definition) is 4. The van der Waals surface area contributed by atoms with Crippen molar-refractivity contribution in [3.63, 3.8) is 0 Å². The molecule has 0 aliphatic rings. The average molecular weight is 357 g/mol. The summed E-state index contributed by atoms with van der Waals surface area (Å²) < 4.78 is 5.17. The predicted molar refractivity (Wildman–Crippen MR) is 102 cm³/mol. The fraction of sp³-hybridized carbons (Fsp3) is 0.429. The number of esters is 1. The van der Waals surface area contributed by atoms with Crippen LogP contribution in [0.4, 0.5) is 0 Å². The largest absolute Gasteiger partial charge is 0.506 e. The van der Waals surface area contributed by atoms with Gasteiger partial charge in [0.25, 0.3) is 5.91 Å². The van der Waals surface area contributed by atoms with Crippen LogP contribution in [0, 0.1) is 11.8 Å². The van der Waals surface area contributed by atoms with Crippen molar-refractivity contribution in [1.29, 1.82) is 0 Å². The van der Waals surface area contributed by atoms with Gasteiger partial charge in [0.15, 0.2) is 6.61 Å². The SMILES string of the molecule is CC(C)CN(CC(C)C)C(=O)COC(=O)c1ccc2ccccc2c1O. The van der Waals surface area contributed by atoms with E-state index in [2.05, 4.69) is 0 Å². The van der Waals surface area contributed by atoms with E-state index in [1.54, 1.807) is 23.1 Å². The molecule has 0 aliphatic heterocycles. The summed E-state index contributed by atoms with van der Waals surface area (Å²) in [5.74, 6) is -0.380. The van der Waals surface area contributed by atoms with Crippen LogP contribution >= 0.6 is 0 Å². The van der Waals surface area contributed by atoms with Crippen LogP contribution in [0.15, 0.2) is 36.4 Å². The van der Waals surface area contributed by atoms with Crippen molar-refractivity contribution in [1.82, 2.24) is 4.90 Å². The number of phenols is 1. The Labute approximate surface area is 154 Å². The number of amides is 1. The second kappa shape index (κ2) is 8.70. The number of ether oxygens (including phenoxy) is 1. The molecule has 0 bridgehead atoms. The molecule has 0 aromatic heterocycles. The molecule has 0 radical (unpaired) electrons. The molecule has 2 aromatic carbocycles. The summed E-state index contributed by atoms with van der Waals surface area (Å²) in [4.78, 5) is 26.5. The van der Waals surface area contributed by atoms with Gasteiger partial charge in [-0.3, -0.25) is 4.79 Å². The number of fused-ring (bicyclic) bond motifs is 1. The Morgan fingerprint density at radius 2 is 1.62 bits per heavy atom. The fourth-order valence-corrected chi connectivity index (χ4v) is 2.88. The van der Waals surface area contributed by atoms with Gasteiger partial charge in [0.05, 0.1) is 0 Å². The van der Waals surface area contributed by atoms with Gasteiger partial charge < -0.3 is 14.7 Å². The van der Waals surface area contributed by atoms with Crippen molar-refractivity contribution in [3.8, 4) is 5.75 Å². The van der Waals surface area contributed by atoms with Gasteiger partial charge >= 0.3 is 5.97 Å². The minimum absolute atomic E-state index is 0.0655. The van der Waals surface area contributed by atoms with Crippen LogP contribution in [-0.2, 0) is 9.53 Å². The number of rotatable bonds is 7. The van der Waals surface area contributed by atoms with Crippen LogP contribution in [0.5, 0.6) is 5.75 Å². The molecule has 0 unspecified atom stereocenters. The van der Waals surface area contributed by atoms with Gasteiger partial charge in [-0.1, -0.05) is 58.0 Å². The first-order chi connectivity index (χ1) is 12.3. The van der Waals surface area contributed by atoms with E-state index in [0.29, 0.717) is 30.3 Å². The van der Waals surface area contributed by atoms with Gasteiger partial charge in [0.1, 0.15) is 11.3 Å². The van der Waals surface area contributed by atoms with E-state index >= 15 is 0 Å². The van der Waals surface area contributed by atoms with Gasteiger partial charge in [-0.25, -0.2) is 4.79 Å².